The van der Waals surface area contributed by atoms with Crippen LogP contribution in [0.15, 0.2) is 79.0 Å². The molecule has 2 aromatic carbocycles. The van der Waals surface area contributed by atoms with Crippen molar-refractivity contribution in [2.45, 2.75) is 32.6 Å². The van der Waals surface area contributed by atoms with Crippen LogP contribution in [0, 0.1) is 0 Å². The van der Waals surface area contributed by atoms with Gasteiger partial charge in [-0.2, -0.15) is 0 Å². The van der Waals surface area contributed by atoms with E-state index in [1.165, 1.54) is 0 Å². The van der Waals surface area contributed by atoms with Gasteiger partial charge in [-0.1, -0.05) is 54.6 Å². The van der Waals surface area contributed by atoms with Crippen molar-refractivity contribution in [3.05, 3.63) is 90.1 Å². The quantitative estimate of drug-likeness (QED) is 0.637. The zero-order chi connectivity index (χ0) is 19.8. The molecular weight excluding hydrogens is 352 g/mol. The van der Waals surface area contributed by atoms with E-state index in [1.54, 1.807) is 6.20 Å². The highest BCUT2D eigenvalue weighted by molar-refractivity contribution is 5.82. The molecule has 1 amide bonds. The monoisotopic (exact) mass is 376 g/mol. The third-order valence-corrected chi connectivity index (χ3v) is 3.99. The minimum absolute atomic E-state index is 0.00262. The van der Waals surface area contributed by atoms with Crippen LogP contribution in [0.25, 0.3) is 0 Å². The molecule has 0 aliphatic carbocycles. The van der Waals surface area contributed by atoms with E-state index in [2.05, 4.69) is 10.3 Å². The summed E-state index contributed by atoms with van der Waals surface area (Å²) in [4.78, 5) is 17.2. The Kier molecular flexibility index (Phi) is 6.63. The molecular formula is C23H24N2O3. The van der Waals surface area contributed by atoms with Gasteiger partial charge in [-0.25, -0.2) is 4.98 Å². The average molecular weight is 376 g/mol. The summed E-state index contributed by atoms with van der Waals surface area (Å²) >= 11 is 0. The van der Waals surface area contributed by atoms with Gasteiger partial charge >= 0.3 is 0 Å². The number of ether oxygens (including phenoxy) is 2. The van der Waals surface area contributed by atoms with E-state index < -0.39 is 6.10 Å². The van der Waals surface area contributed by atoms with Gasteiger partial charge in [0.25, 0.3) is 5.91 Å². The summed E-state index contributed by atoms with van der Waals surface area (Å²) in [7, 11) is 0. The predicted octanol–water partition coefficient (Wildman–Crippen LogP) is 4.31. The molecule has 28 heavy (non-hydrogen) atoms. The SMILES string of the molecule is CC(C)Oc1ncccc1CNC(=O)C(Oc1ccccc1)c1ccccc1. The molecule has 1 atom stereocenters. The number of hydrogen-bond donors (Lipinski definition) is 1. The third-order valence-electron chi connectivity index (χ3n) is 3.99. The highest BCUT2D eigenvalue weighted by Gasteiger charge is 2.23. The minimum Gasteiger partial charge on any atom is -0.476 e. The molecule has 1 heterocycles. The summed E-state index contributed by atoms with van der Waals surface area (Å²) in [6, 6.07) is 22.5. The maximum Gasteiger partial charge on any atom is 0.266 e. The van der Waals surface area contributed by atoms with Crippen LogP contribution in [0.5, 0.6) is 11.6 Å². The predicted molar refractivity (Wildman–Crippen MR) is 108 cm³/mol. The molecule has 3 aromatic rings. The molecule has 0 radical (unpaired) electrons. The Bertz CT molecular complexity index is 883. The number of rotatable bonds is 8. The van der Waals surface area contributed by atoms with E-state index in [0.717, 1.165) is 11.1 Å². The maximum absolute atomic E-state index is 13.0. The summed E-state index contributed by atoms with van der Waals surface area (Å²) in [5.74, 6) is 0.934. The van der Waals surface area contributed by atoms with Crippen molar-refractivity contribution < 1.29 is 14.3 Å². The molecule has 0 aliphatic heterocycles. The van der Waals surface area contributed by atoms with Crippen molar-refractivity contribution in [1.82, 2.24) is 10.3 Å². The van der Waals surface area contributed by atoms with Crippen molar-refractivity contribution >= 4 is 5.91 Å². The smallest absolute Gasteiger partial charge is 0.266 e. The Morgan fingerprint density at radius 3 is 2.29 bits per heavy atom. The Balaban J connectivity index is 1.75. The van der Waals surface area contributed by atoms with Crippen LogP contribution in [0.2, 0.25) is 0 Å². The molecule has 5 heteroatoms. The molecule has 0 aliphatic rings. The van der Waals surface area contributed by atoms with E-state index in [9.17, 15) is 4.79 Å². The zero-order valence-electron chi connectivity index (χ0n) is 16.0. The molecule has 3 rings (SSSR count). The lowest BCUT2D eigenvalue weighted by Crippen LogP contribution is -2.32. The zero-order valence-corrected chi connectivity index (χ0v) is 16.0. The number of para-hydroxylation sites is 1. The lowest BCUT2D eigenvalue weighted by atomic mass is 10.1. The van der Waals surface area contributed by atoms with Gasteiger partial charge in [0.05, 0.1) is 6.10 Å². The van der Waals surface area contributed by atoms with Gasteiger partial charge < -0.3 is 14.8 Å². The number of carbonyl (C=O) groups excluding carboxylic acids is 1. The maximum atomic E-state index is 13.0. The Morgan fingerprint density at radius 1 is 0.929 bits per heavy atom. The number of nitrogens with zero attached hydrogens (tertiary/aromatic N) is 1. The number of hydrogen-bond acceptors (Lipinski definition) is 4. The van der Waals surface area contributed by atoms with Crippen LogP contribution in [0.4, 0.5) is 0 Å². The fraction of sp³-hybridized carbons (Fsp3) is 0.217. The molecule has 5 nitrogen and oxygen atoms in total. The van der Waals surface area contributed by atoms with Gasteiger partial charge in [-0.3, -0.25) is 4.79 Å². The first-order valence-corrected chi connectivity index (χ1v) is 9.28. The van der Waals surface area contributed by atoms with Crippen molar-refractivity contribution in [1.29, 1.82) is 0 Å². The van der Waals surface area contributed by atoms with Gasteiger partial charge in [0, 0.05) is 23.9 Å². The van der Waals surface area contributed by atoms with Gasteiger partial charge in [-0.15, -0.1) is 0 Å². The number of nitrogens with one attached hydrogen (secondary N) is 1. The number of amides is 1. The van der Waals surface area contributed by atoms with Gasteiger partial charge in [0.15, 0.2) is 0 Å². The molecule has 0 saturated carbocycles. The Morgan fingerprint density at radius 2 is 1.61 bits per heavy atom. The van der Waals surface area contributed by atoms with Gasteiger partial charge in [-0.05, 0) is 32.0 Å². The normalized spacial score (nSPS) is 11.7. The minimum atomic E-state index is -0.755. The molecule has 0 saturated heterocycles. The number of carbonyl (C=O) groups is 1. The largest absolute Gasteiger partial charge is 0.476 e. The van der Waals surface area contributed by atoms with E-state index in [0.29, 0.717) is 18.2 Å². The summed E-state index contributed by atoms with van der Waals surface area (Å²) < 4.78 is 11.7. The van der Waals surface area contributed by atoms with E-state index in [4.69, 9.17) is 9.47 Å². The van der Waals surface area contributed by atoms with Gasteiger partial charge in [0.2, 0.25) is 12.0 Å². The molecule has 1 aromatic heterocycles. The topological polar surface area (TPSA) is 60.5 Å². The van der Waals surface area contributed by atoms with Crippen molar-refractivity contribution in [3.8, 4) is 11.6 Å². The van der Waals surface area contributed by atoms with Gasteiger partial charge in [0.1, 0.15) is 5.75 Å². The fourth-order valence-electron chi connectivity index (χ4n) is 2.70. The lowest BCUT2D eigenvalue weighted by Gasteiger charge is -2.20. The standard InChI is InChI=1S/C23H24N2O3/c1-17(2)27-23-19(12-9-15-24-23)16-25-22(26)21(18-10-5-3-6-11-18)28-20-13-7-4-8-14-20/h3-15,17,21H,16H2,1-2H3,(H,25,26). The second-order valence-electron chi connectivity index (χ2n) is 6.57. The summed E-state index contributed by atoms with van der Waals surface area (Å²) in [5.41, 5.74) is 1.60. The van der Waals surface area contributed by atoms with Crippen molar-refractivity contribution in [3.63, 3.8) is 0 Å². The number of aromatic nitrogens is 1. The summed E-state index contributed by atoms with van der Waals surface area (Å²) in [6.45, 7) is 4.18. The molecule has 0 fully saturated rings. The van der Waals surface area contributed by atoms with Crippen molar-refractivity contribution in [2.75, 3.05) is 0 Å². The number of pyridine rings is 1. The fourth-order valence-corrected chi connectivity index (χ4v) is 2.70. The molecule has 144 valence electrons. The first-order valence-electron chi connectivity index (χ1n) is 9.28. The van der Waals surface area contributed by atoms with Crippen LogP contribution in [0.3, 0.4) is 0 Å². The highest BCUT2D eigenvalue weighted by atomic mass is 16.5. The van der Waals surface area contributed by atoms with Crippen LogP contribution in [-0.4, -0.2) is 17.0 Å². The van der Waals surface area contributed by atoms with Crippen LogP contribution in [-0.2, 0) is 11.3 Å². The summed E-state index contributed by atoms with van der Waals surface area (Å²) in [6.07, 6.45) is 0.923. The van der Waals surface area contributed by atoms with E-state index in [-0.39, 0.29) is 12.0 Å². The van der Waals surface area contributed by atoms with Crippen molar-refractivity contribution in [2.24, 2.45) is 0 Å². The first kappa shape index (κ1) is 19.4. The third kappa shape index (κ3) is 5.33. The van der Waals surface area contributed by atoms with E-state index >= 15 is 0 Å². The van der Waals surface area contributed by atoms with Crippen LogP contribution in [0.1, 0.15) is 31.1 Å². The second-order valence-corrected chi connectivity index (χ2v) is 6.57. The Labute approximate surface area is 165 Å². The van der Waals surface area contributed by atoms with Crippen LogP contribution >= 0.6 is 0 Å². The molecule has 1 unspecified atom stereocenters. The summed E-state index contributed by atoms with van der Waals surface area (Å²) in [5, 5.41) is 2.95. The first-order chi connectivity index (χ1) is 13.6. The van der Waals surface area contributed by atoms with E-state index in [1.807, 2.05) is 86.6 Å². The molecule has 1 N–H and O–H groups in total. The average Bonchev–Trinajstić information content (AvgIpc) is 2.72. The Hall–Kier alpha value is -3.34. The van der Waals surface area contributed by atoms with Crippen LogP contribution < -0.4 is 14.8 Å². The highest BCUT2D eigenvalue weighted by Crippen LogP contribution is 2.23. The molecule has 0 bridgehead atoms. The molecule has 0 spiro atoms. The lowest BCUT2D eigenvalue weighted by molar-refractivity contribution is -0.128. The number of benzene rings is 2. The second kappa shape index (κ2) is 9.55.